The van der Waals surface area contributed by atoms with E-state index >= 15 is 0 Å². The first-order chi connectivity index (χ1) is 12.5. The lowest BCUT2D eigenvalue weighted by molar-refractivity contribution is -0.124. The molecule has 26 heavy (non-hydrogen) atoms. The quantitative estimate of drug-likeness (QED) is 0.758. The molecular weight excluding hydrogens is 332 g/mol. The summed E-state index contributed by atoms with van der Waals surface area (Å²) in [7, 11) is 0. The number of piperidine rings is 2. The van der Waals surface area contributed by atoms with E-state index in [1.807, 2.05) is 36.1 Å². The molecule has 0 radical (unpaired) electrons. The Kier molecular flexibility index (Phi) is 5.75. The molecule has 3 rings (SSSR count). The highest BCUT2D eigenvalue weighted by Crippen LogP contribution is 2.15. The summed E-state index contributed by atoms with van der Waals surface area (Å²) in [4.78, 5) is 38.2. The molecule has 1 unspecified atom stereocenters. The summed E-state index contributed by atoms with van der Waals surface area (Å²) in [6.45, 7) is 3.89. The van der Waals surface area contributed by atoms with Gasteiger partial charge in [-0.2, -0.15) is 0 Å². The molecule has 0 saturated carbocycles. The zero-order valence-electron chi connectivity index (χ0n) is 15.1. The van der Waals surface area contributed by atoms with Crippen LogP contribution in [0.4, 0.5) is 4.79 Å². The summed E-state index contributed by atoms with van der Waals surface area (Å²) in [5, 5.41) is 8.42. The summed E-state index contributed by atoms with van der Waals surface area (Å²) in [6, 6.07) is 6.83. The van der Waals surface area contributed by atoms with Crippen LogP contribution >= 0.6 is 0 Å². The van der Waals surface area contributed by atoms with Crippen LogP contribution in [-0.2, 0) is 4.79 Å². The van der Waals surface area contributed by atoms with Crippen molar-refractivity contribution in [2.24, 2.45) is 0 Å². The predicted octanol–water partition coefficient (Wildman–Crippen LogP) is 1.18. The SMILES string of the molecule is Cc1ccc(C(=O)N2CCC(NC(=O)NC3CCCNC3=O)CC2)cc1. The smallest absolute Gasteiger partial charge is 0.315 e. The van der Waals surface area contributed by atoms with Crippen LogP contribution in [0.25, 0.3) is 0 Å². The third-order valence-electron chi connectivity index (χ3n) is 5.01. The van der Waals surface area contributed by atoms with Gasteiger partial charge >= 0.3 is 6.03 Å². The molecule has 2 fully saturated rings. The number of nitrogens with zero attached hydrogens (tertiary/aromatic N) is 1. The number of urea groups is 1. The highest BCUT2D eigenvalue weighted by atomic mass is 16.2. The molecule has 0 aliphatic carbocycles. The molecule has 2 aliphatic heterocycles. The third-order valence-corrected chi connectivity index (χ3v) is 5.01. The molecule has 3 N–H and O–H groups in total. The zero-order valence-corrected chi connectivity index (χ0v) is 15.1. The number of carbonyl (C=O) groups is 3. The minimum atomic E-state index is -0.452. The number of amides is 4. The maximum atomic E-state index is 12.5. The van der Waals surface area contributed by atoms with Gasteiger partial charge < -0.3 is 20.9 Å². The van der Waals surface area contributed by atoms with Crippen molar-refractivity contribution in [3.8, 4) is 0 Å². The molecule has 0 aromatic heterocycles. The van der Waals surface area contributed by atoms with Gasteiger partial charge in [0.05, 0.1) is 0 Å². The molecule has 1 atom stereocenters. The molecule has 140 valence electrons. The summed E-state index contributed by atoms with van der Waals surface area (Å²) in [6.07, 6.45) is 2.96. The molecule has 0 spiro atoms. The van der Waals surface area contributed by atoms with Crippen LogP contribution in [0.2, 0.25) is 0 Å². The molecule has 7 nitrogen and oxygen atoms in total. The Morgan fingerprint density at radius 1 is 1.08 bits per heavy atom. The third kappa shape index (κ3) is 4.53. The Bertz CT molecular complexity index is 666. The minimum Gasteiger partial charge on any atom is -0.354 e. The first-order valence-corrected chi connectivity index (χ1v) is 9.23. The van der Waals surface area contributed by atoms with Crippen molar-refractivity contribution in [3.63, 3.8) is 0 Å². The van der Waals surface area contributed by atoms with E-state index in [0.29, 0.717) is 44.5 Å². The summed E-state index contributed by atoms with van der Waals surface area (Å²) < 4.78 is 0. The Hall–Kier alpha value is -2.57. The van der Waals surface area contributed by atoms with Crippen molar-refractivity contribution < 1.29 is 14.4 Å². The predicted molar refractivity (Wildman–Crippen MR) is 97.8 cm³/mol. The Morgan fingerprint density at radius 3 is 2.42 bits per heavy atom. The van der Waals surface area contributed by atoms with Crippen LogP contribution in [-0.4, -0.2) is 54.5 Å². The van der Waals surface area contributed by atoms with Gasteiger partial charge in [-0.05, 0) is 44.7 Å². The van der Waals surface area contributed by atoms with Crippen LogP contribution in [0.3, 0.4) is 0 Å². The molecule has 1 aromatic carbocycles. The molecule has 1 aromatic rings. The van der Waals surface area contributed by atoms with E-state index in [9.17, 15) is 14.4 Å². The van der Waals surface area contributed by atoms with Crippen LogP contribution in [0.5, 0.6) is 0 Å². The van der Waals surface area contributed by atoms with Crippen LogP contribution in [0, 0.1) is 6.92 Å². The van der Waals surface area contributed by atoms with E-state index in [1.54, 1.807) is 0 Å². The fourth-order valence-electron chi connectivity index (χ4n) is 3.40. The maximum absolute atomic E-state index is 12.5. The summed E-state index contributed by atoms with van der Waals surface area (Å²) >= 11 is 0. The lowest BCUT2D eigenvalue weighted by atomic mass is 10.0. The van der Waals surface area contributed by atoms with Gasteiger partial charge in [0, 0.05) is 31.2 Å². The van der Waals surface area contributed by atoms with Crippen molar-refractivity contribution in [2.45, 2.75) is 44.7 Å². The maximum Gasteiger partial charge on any atom is 0.315 e. The lowest BCUT2D eigenvalue weighted by Crippen LogP contribution is -2.55. The molecule has 7 heteroatoms. The molecule has 2 aliphatic rings. The number of aryl methyl sites for hydroxylation is 1. The van der Waals surface area contributed by atoms with Gasteiger partial charge in [-0.1, -0.05) is 17.7 Å². The van der Waals surface area contributed by atoms with E-state index in [2.05, 4.69) is 16.0 Å². The second-order valence-electron chi connectivity index (χ2n) is 7.04. The van der Waals surface area contributed by atoms with Crippen molar-refractivity contribution in [1.29, 1.82) is 0 Å². The van der Waals surface area contributed by atoms with E-state index in [1.165, 1.54) is 0 Å². The zero-order chi connectivity index (χ0) is 18.5. The number of hydrogen-bond acceptors (Lipinski definition) is 3. The number of hydrogen-bond donors (Lipinski definition) is 3. The highest BCUT2D eigenvalue weighted by Gasteiger charge is 2.27. The average Bonchev–Trinajstić information content (AvgIpc) is 2.64. The first kappa shape index (κ1) is 18.2. The Labute approximate surface area is 153 Å². The average molecular weight is 358 g/mol. The Morgan fingerprint density at radius 2 is 1.77 bits per heavy atom. The van der Waals surface area contributed by atoms with Crippen LogP contribution < -0.4 is 16.0 Å². The van der Waals surface area contributed by atoms with Gasteiger partial charge in [-0.15, -0.1) is 0 Å². The fraction of sp³-hybridized carbons (Fsp3) is 0.526. The van der Waals surface area contributed by atoms with Gasteiger partial charge in [0.1, 0.15) is 6.04 Å². The summed E-state index contributed by atoms with van der Waals surface area (Å²) in [5.41, 5.74) is 1.82. The van der Waals surface area contributed by atoms with Gasteiger partial charge in [0.2, 0.25) is 5.91 Å². The number of nitrogens with one attached hydrogen (secondary N) is 3. The van der Waals surface area contributed by atoms with Crippen molar-refractivity contribution in [1.82, 2.24) is 20.9 Å². The highest BCUT2D eigenvalue weighted by molar-refractivity contribution is 5.94. The standard InChI is InChI=1S/C19H26N4O3/c1-13-4-6-14(7-5-13)18(25)23-11-8-15(9-12-23)21-19(26)22-16-3-2-10-20-17(16)24/h4-7,15-16H,2-3,8-12H2,1H3,(H,20,24)(H2,21,22,26). The second kappa shape index (κ2) is 8.21. The van der Waals surface area contributed by atoms with Crippen LogP contribution in [0.15, 0.2) is 24.3 Å². The van der Waals surface area contributed by atoms with Crippen molar-refractivity contribution in [3.05, 3.63) is 35.4 Å². The molecular formula is C19H26N4O3. The van der Waals surface area contributed by atoms with E-state index < -0.39 is 6.04 Å². The van der Waals surface area contributed by atoms with Gasteiger partial charge in [-0.25, -0.2) is 4.79 Å². The number of benzene rings is 1. The van der Waals surface area contributed by atoms with Gasteiger partial charge in [-0.3, -0.25) is 9.59 Å². The lowest BCUT2D eigenvalue weighted by Gasteiger charge is -2.33. The van der Waals surface area contributed by atoms with E-state index in [0.717, 1.165) is 12.0 Å². The largest absolute Gasteiger partial charge is 0.354 e. The van der Waals surface area contributed by atoms with Gasteiger partial charge in [0.25, 0.3) is 5.91 Å². The minimum absolute atomic E-state index is 0.0173. The normalized spacial score (nSPS) is 21.0. The Balaban J connectivity index is 1.44. The molecule has 4 amide bonds. The monoisotopic (exact) mass is 358 g/mol. The summed E-state index contributed by atoms with van der Waals surface area (Å²) in [5.74, 6) is -0.0864. The number of likely N-dealkylation sites (tertiary alicyclic amines) is 1. The topological polar surface area (TPSA) is 90.5 Å². The second-order valence-corrected chi connectivity index (χ2v) is 7.04. The number of rotatable bonds is 3. The van der Waals surface area contributed by atoms with E-state index in [-0.39, 0.29) is 23.9 Å². The number of carbonyl (C=O) groups excluding carboxylic acids is 3. The van der Waals surface area contributed by atoms with Crippen molar-refractivity contribution in [2.75, 3.05) is 19.6 Å². The van der Waals surface area contributed by atoms with Gasteiger partial charge in [0.15, 0.2) is 0 Å². The molecule has 2 heterocycles. The first-order valence-electron chi connectivity index (χ1n) is 9.23. The van der Waals surface area contributed by atoms with Crippen molar-refractivity contribution >= 4 is 17.8 Å². The molecule has 2 saturated heterocycles. The fourth-order valence-corrected chi connectivity index (χ4v) is 3.40. The van der Waals surface area contributed by atoms with Crippen LogP contribution in [0.1, 0.15) is 41.6 Å². The van der Waals surface area contributed by atoms with E-state index in [4.69, 9.17) is 0 Å². The molecule has 0 bridgehead atoms.